The molecule has 0 heterocycles. The maximum atomic E-state index is 9.06. The van der Waals surface area contributed by atoms with Crippen molar-refractivity contribution in [1.29, 1.82) is 0 Å². The van der Waals surface area contributed by atoms with Crippen molar-refractivity contribution in [2.75, 3.05) is 0 Å². The number of carboxylic acids is 2. The Morgan fingerprint density at radius 1 is 0.778 bits per heavy atom. The fourth-order valence-electron chi connectivity index (χ4n) is 0.712. The van der Waals surface area contributed by atoms with Gasteiger partial charge in [-0.05, 0) is 0 Å². The Kier molecular flexibility index (Phi) is 11.8. The smallest absolute Gasteiger partial charge is 0.300 e. The summed E-state index contributed by atoms with van der Waals surface area (Å²) >= 11 is 0. The molecule has 4 N–H and O–H groups in total. The van der Waals surface area contributed by atoms with E-state index in [9.17, 15) is 0 Å². The molecule has 0 aromatic heterocycles. The molecule has 2 atom stereocenters. The number of allylic oxidation sites excluding steroid dienone is 4. The van der Waals surface area contributed by atoms with Crippen LogP contribution in [0.15, 0.2) is 36.5 Å². The van der Waals surface area contributed by atoms with Gasteiger partial charge in [0.15, 0.2) is 0 Å². The van der Waals surface area contributed by atoms with Gasteiger partial charge >= 0.3 is 0 Å². The summed E-state index contributed by atoms with van der Waals surface area (Å²) in [6.07, 6.45) is 8.55. The number of hydrogen-bond donors (Lipinski definition) is 4. The second-order valence-corrected chi connectivity index (χ2v) is 3.17. The standard InChI is InChI=1S/C8H10O2.2C2H4O2/c9-7-5-3-1-2-4-6-8(7)10;2*1-2(3)4/h1-10H;2*1H3,(H,3,4)/t7-,8+;;. The van der Waals surface area contributed by atoms with E-state index in [1.807, 2.05) is 0 Å². The summed E-state index contributed by atoms with van der Waals surface area (Å²) < 4.78 is 0. The van der Waals surface area contributed by atoms with Gasteiger partial charge in [0.05, 0.1) is 0 Å². The SMILES string of the molecule is CC(=O)O.CC(=O)O.O[C@@H]1C=CC=CC=C[C@@H]1O. The van der Waals surface area contributed by atoms with Crippen molar-refractivity contribution in [3.05, 3.63) is 36.5 Å². The average molecular weight is 258 g/mol. The minimum absolute atomic E-state index is 0.777. The van der Waals surface area contributed by atoms with E-state index in [0.29, 0.717) is 0 Å². The lowest BCUT2D eigenvalue weighted by Gasteiger charge is -2.09. The molecule has 1 aliphatic carbocycles. The minimum Gasteiger partial charge on any atom is -0.481 e. The van der Waals surface area contributed by atoms with Crippen LogP contribution >= 0.6 is 0 Å². The van der Waals surface area contributed by atoms with Gasteiger partial charge in [-0.25, -0.2) is 0 Å². The van der Waals surface area contributed by atoms with E-state index >= 15 is 0 Å². The second-order valence-electron chi connectivity index (χ2n) is 3.17. The van der Waals surface area contributed by atoms with Gasteiger partial charge in [0.25, 0.3) is 11.9 Å². The van der Waals surface area contributed by atoms with Crippen molar-refractivity contribution >= 4 is 11.9 Å². The first-order valence-corrected chi connectivity index (χ1v) is 5.04. The lowest BCUT2D eigenvalue weighted by molar-refractivity contribution is -0.135. The molecule has 0 radical (unpaired) electrons. The van der Waals surface area contributed by atoms with E-state index in [-0.39, 0.29) is 0 Å². The van der Waals surface area contributed by atoms with Crippen LogP contribution in [-0.2, 0) is 9.59 Å². The van der Waals surface area contributed by atoms with Crippen LogP contribution in [0.25, 0.3) is 0 Å². The summed E-state index contributed by atoms with van der Waals surface area (Å²) in [6, 6.07) is 0. The first-order chi connectivity index (χ1) is 8.27. The highest BCUT2D eigenvalue weighted by molar-refractivity contribution is 5.63. The van der Waals surface area contributed by atoms with Gasteiger partial charge in [0, 0.05) is 13.8 Å². The number of carboxylic acid groups (broad SMARTS) is 2. The molecule has 0 unspecified atom stereocenters. The van der Waals surface area contributed by atoms with Crippen molar-refractivity contribution in [3.63, 3.8) is 0 Å². The Morgan fingerprint density at radius 3 is 1.22 bits per heavy atom. The lowest BCUT2D eigenvalue weighted by Crippen LogP contribution is -2.21. The predicted molar refractivity (Wildman–Crippen MR) is 66.1 cm³/mol. The van der Waals surface area contributed by atoms with E-state index in [1.54, 1.807) is 36.5 Å². The molecule has 0 saturated heterocycles. The van der Waals surface area contributed by atoms with Gasteiger partial charge < -0.3 is 20.4 Å². The maximum absolute atomic E-state index is 9.06. The molecule has 0 aromatic rings. The quantitative estimate of drug-likeness (QED) is 0.505. The van der Waals surface area contributed by atoms with Crippen LogP contribution in [0.5, 0.6) is 0 Å². The third-order valence-corrected chi connectivity index (χ3v) is 1.30. The number of hydrogen-bond acceptors (Lipinski definition) is 4. The highest BCUT2D eigenvalue weighted by Crippen LogP contribution is 2.00. The van der Waals surface area contributed by atoms with Crippen LogP contribution < -0.4 is 0 Å². The van der Waals surface area contributed by atoms with Gasteiger partial charge in [-0.15, -0.1) is 0 Å². The molecule has 6 nitrogen and oxygen atoms in total. The molecular weight excluding hydrogens is 240 g/mol. The summed E-state index contributed by atoms with van der Waals surface area (Å²) in [5, 5.41) is 33.0. The Bertz CT molecular complexity index is 289. The van der Waals surface area contributed by atoms with Gasteiger partial charge in [-0.1, -0.05) is 36.5 Å². The highest BCUT2D eigenvalue weighted by atomic mass is 16.4. The summed E-state index contributed by atoms with van der Waals surface area (Å²) in [5.74, 6) is -1.67. The second kappa shape index (κ2) is 11.6. The van der Waals surface area contributed by atoms with Gasteiger partial charge in [0.2, 0.25) is 0 Å². The van der Waals surface area contributed by atoms with Crippen LogP contribution in [0.3, 0.4) is 0 Å². The summed E-state index contributed by atoms with van der Waals surface area (Å²) in [6.45, 7) is 2.17. The maximum Gasteiger partial charge on any atom is 0.300 e. The third kappa shape index (κ3) is 19.6. The van der Waals surface area contributed by atoms with E-state index in [0.717, 1.165) is 13.8 Å². The van der Waals surface area contributed by atoms with Gasteiger partial charge in [0.1, 0.15) is 12.2 Å². The Morgan fingerprint density at radius 2 is 1.00 bits per heavy atom. The average Bonchev–Trinajstić information content (AvgIpc) is 2.18. The molecule has 0 fully saturated rings. The molecule has 102 valence electrons. The van der Waals surface area contributed by atoms with Crippen molar-refractivity contribution in [2.24, 2.45) is 0 Å². The molecule has 0 aliphatic heterocycles. The van der Waals surface area contributed by atoms with E-state index < -0.39 is 24.1 Å². The summed E-state index contributed by atoms with van der Waals surface area (Å²) in [4.78, 5) is 18.0. The molecule has 0 bridgehead atoms. The highest BCUT2D eigenvalue weighted by Gasteiger charge is 2.08. The van der Waals surface area contributed by atoms with Crippen molar-refractivity contribution in [1.82, 2.24) is 0 Å². The van der Waals surface area contributed by atoms with E-state index in [4.69, 9.17) is 30.0 Å². The Labute approximate surface area is 105 Å². The Balaban J connectivity index is 0. The first kappa shape index (κ1) is 18.4. The number of aliphatic carboxylic acids is 2. The first-order valence-electron chi connectivity index (χ1n) is 5.04. The minimum atomic E-state index is -0.833. The number of rotatable bonds is 0. The molecule has 0 amide bonds. The van der Waals surface area contributed by atoms with E-state index in [1.165, 1.54) is 0 Å². The van der Waals surface area contributed by atoms with Crippen LogP contribution in [0, 0.1) is 0 Å². The third-order valence-electron chi connectivity index (χ3n) is 1.30. The molecule has 0 saturated carbocycles. The van der Waals surface area contributed by atoms with Crippen LogP contribution in [0.1, 0.15) is 13.8 Å². The van der Waals surface area contributed by atoms with E-state index in [2.05, 4.69) is 0 Å². The summed E-state index contributed by atoms with van der Waals surface area (Å²) in [7, 11) is 0. The molecule has 1 rings (SSSR count). The fraction of sp³-hybridized carbons (Fsp3) is 0.333. The molecule has 18 heavy (non-hydrogen) atoms. The number of aliphatic hydroxyl groups excluding tert-OH is 2. The van der Waals surface area contributed by atoms with Crippen LogP contribution in [0.2, 0.25) is 0 Å². The van der Waals surface area contributed by atoms with Crippen molar-refractivity contribution < 1.29 is 30.0 Å². The lowest BCUT2D eigenvalue weighted by atomic mass is 10.1. The molecule has 0 aromatic carbocycles. The zero-order valence-electron chi connectivity index (χ0n) is 10.2. The Hall–Kier alpha value is -1.92. The fourth-order valence-corrected chi connectivity index (χ4v) is 0.712. The van der Waals surface area contributed by atoms with Crippen LogP contribution in [0.4, 0.5) is 0 Å². The van der Waals surface area contributed by atoms with Crippen LogP contribution in [-0.4, -0.2) is 44.6 Å². The van der Waals surface area contributed by atoms with Gasteiger partial charge in [-0.2, -0.15) is 0 Å². The number of carbonyl (C=O) groups is 2. The molecule has 0 spiro atoms. The number of aliphatic hydroxyl groups is 2. The zero-order valence-corrected chi connectivity index (χ0v) is 10.2. The molecule has 1 aliphatic rings. The largest absolute Gasteiger partial charge is 0.481 e. The molecule has 6 heteroatoms. The monoisotopic (exact) mass is 258 g/mol. The normalized spacial score (nSPS) is 20.4. The topological polar surface area (TPSA) is 115 Å². The molecular formula is C12H18O6. The van der Waals surface area contributed by atoms with Crippen molar-refractivity contribution in [3.8, 4) is 0 Å². The predicted octanol–water partition coefficient (Wildman–Crippen LogP) is 0.572. The zero-order chi connectivity index (χ0) is 14.6. The van der Waals surface area contributed by atoms with Crippen molar-refractivity contribution in [2.45, 2.75) is 26.1 Å². The summed E-state index contributed by atoms with van der Waals surface area (Å²) in [5.41, 5.74) is 0. The van der Waals surface area contributed by atoms with Gasteiger partial charge in [-0.3, -0.25) is 9.59 Å².